The highest BCUT2D eigenvalue weighted by Gasteiger charge is 2.18. The van der Waals surface area contributed by atoms with Gasteiger partial charge in [-0.2, -0.15) is 0 Å². The van der Waals surface area contributed by atoms with Gasteiger partial charge in [-0.1, -0.05) is 24.0 Å². The van der Waals surface area contributed by atoms with E-state index in [-0.39, 0.29) is 18.3 Å². The number of hydrogen-bond acceptors (Lipinski definition) is 9. The molecule has 2 aromatic heterocycles. The van der Waals surface area contributed by atoms with E-state index in [9.17, 15) is 14.3 Å². The second kappa shape index (κ2) is 14.1. The molecule has 12 heteroatoms. The first kappa shape index (κ1) is 32.6. The van der Waals surface area contributed by atoms with Crippen LogP contribution in [0, 0.1) is 24.6 Å². The maximum atomic E-state index is 14.9. The zero-order valence-corrected chi connectivity index (χ0v) is 26.8. The fraction of sp³-hybridized carbons (Fsp3) is 0.353. The van der Waals surface area contributed by atoms with Gasteiger partial charge in [-0.25, -0.2) is 14.4 Å². The molecule has 0 aliphatic carbocycles. The largest absolute Gasteiger partial charge is 0.478 e. The monoisotopic (exact) mass is 626 g/mol. The van der Waals surface area contributed by atoms with Gasteiger partial charge in [0.2, 0.25) is 5.95 Å². The minimum Gasteiger partial charge on any atom is -0.478 e. The Morgan fingerprint density at radius 1 is 1.09 bits per heavy atom. The Kier molecular flexibility index (Phi) is 9.96. The van der Waals surface area contributed by atoms with Gasteiger partial charge in [-0.15, -0.1) is 5.10 Å². The summed E-state index contributed by atoms with van der Waals surface area (Å²) in [6, 6.07) is 10.1. The van der Waals surface area contributed by atoms with Crippen molar-refractivity contribution in [2.45, 2.75) is 39.5 Å². The third-order valence-electron chi connectivity index (χ3n) is 7.51. The zero-order chi connectivity index (χ0) is 32.8. The number of amides is 1. The summed E-state index contributed by atoms with van der Waals surface area (Å²) in [7, 11) is 3.60. The zero-order valence-electron chi connectivity index (χ0n) is 26.8. The quantitative estimate of drug-likeness (QED) is 0.237. The van der Waals surface area contributed by atoms with Gasteiger partial charge in [0, 0.05) is 67.5 Å². The number of nitrogens with one attached hydrogen (secondary N) is 2. The summed E-state index contributed by atoms with van der Waals surface area (Å²) in [5, 5.41) is 20.3. The lowest BCUT2D eigenvalue weighted by atomic mass is 10.0. The number of anilines is 3. The van der Waals surface area contributed by atoms with Crippen LogP contribution in [0.1, 0.15) is 46.5 Å². The highest BCUT2D eigenvalue weighted by molar-refractivity contribution is 6.04. The number of methoxy groups -OCH3 is 1. The fourth-order valence-electron chi connectivity index (χ4n) is 4.94. The number of ether oxygens (including phenoxy) is 1. The lowest BCUT2D eigenvalue weighted by molar-refractivity contribution is 0.0574. The molecular formula is C34H39FN8O3. The van der Waals surface area contributed by atoms with Crippen molar-refractivity contribution in [2.75, 3.05) is 51.0 Å². The topological polar surface area (TPSA) is 121 Å². The molecule has 0 unspecified atom stereocenters. The molecule has 11 nitrogen and oxygen atoms in total. The number of aryl methyl sites for hydroxylation is 1. The Labute approximate surface area is 268 Å². The van der Waals surface area contributed by atoms with Crippen LogP contribution in [0.5, 0.6) is 5.88 Å². The molecule has 1 saturated heterocycles. The Balaban J connectivity index is 1.22. The standard InChI is InChI=1S/C34H39FN8O3/c1-23-6-8-26(31(44)38-28-11-10-27(29(35)17-28)20-42-14-12-41(4)13-15-42)16-25(23)9-7-24-18-36-33(37-19-24)39-30-21-43(22-34(2,3)45)40-32(30)46-5/h6,8,10-11,16-19,21,45H,12-15,20,22H2,1-5H3,(H,38,44)(H,36,37,39). The maximum absolute atomic E-state index is 14.9. The van der Waals surface area contributed by atoms with Crippen molar-refractivity contribution in [3.63, 3.8) is 0 Å². The van der Waals surface area contributed by atoms with E-state index in [0.29, 0.717) is 52.0 Å². The smallest absolute Gasteiger partial charge is 0.256 e. The molecular weight excluding hydrogens is 587 g/mol. The Morgan fingerprint density at radius 3 is 2.50 bits per heavy atom. The van der Waals surface area contributed by atoms with Gasteiger partial charge < -0.3 is 25.4 Å². The number of benzene rings is 2. The van der Waals surface area contributed by atoms with E-state index in [1.807, 2.05) is 13.0 Å². The van der Waals surface area contributed by atoms with Crippen molar-refractivity contribution in [3.05, 3.63) is 88.6 Å². The molecule has 2 aromatic carbocycles. The molecule has 46 heavy (non-hydrogen) atoms. The van der Waals surface area contributed by atoms with Gasteiger partial charge in [0.15, 0.2) is 0 Å². The number of likely N-dealkylation sites (N-methyl/N-ethyl adjacent to an activating group) is 1. The third-order valence-corrected chi connectivity index (χ3v) is 7.51. The molecule has 1 aliphatic rings. The number of carbonyl (C=O) groups is 1. The van der Waals surface area contributed by atoms with E-state index in [4.69, 9.17) is 4.74 Å². The van der Waals surface area contributed by atoms with Gasteiger partial charge in [-0.3, -0.25) is 14.4 Å². The molecule has 0 saturated carbocycles. The number of nitrogens with zero attached hydrogens (tertiary/aromatic N) is 6. The molecule has 3 heterocycles. The molecule has 240 valence electrons. The number of piperazine rings is 1. The average Bonchev–Trinajstić information content (AvgIpc) is 3.39. The number of hydrogen-bond donors (Lipinski definition) is 3. The molecule has 1 aliphatic heterocycles. The van der Waals surface area contributed by atoms with Gasteiger partial charge in [0.05, 0.1) is 31.0 Å². The molecule has 0 atom stereocenters. The van der Waals surface area contributed by atoms with Gasteiger partial charge in [0.1, 0.15) is 11.5 Å². The number of carbonyl (C=O) groups excluding carboxylic acids is 1. The van der Waals surface area contributed by atoms with E-state index >= 15 is 0 Å². The minimum absolute atomic E-state index is 0.283. The molecule has 1 fully saturated rings. The molecule has 5 rings (SSSR count). The summed E-state index contributed by atoms with van der Waals surface area (Å²) in [5.74, 6) is 6.14. The highest BCUT2D eigenvalue weighted by Crippen LogP contribution is 2.25. The molecule has 0 radical (unpaired) electrons. The van der Waals surface area contributed by atoms with Crippen LogP contribution in [-0.4, -0.2) is 86.5 Å². The van der Waals surface area contributed by atoms with Crippen molar-refractivity contribution < 1.29 is 19.0 Å². The first-order chi connectivity index (χ1) is 22.0. The van der Waals surface area contributed by atoms with Gasteiger partial charge in [0.25, 0.3) is 11.8 Å². The van der Waals surface area contributed by atoms with Crippen molar-refractivity contribution >= 4 is 23.2 Å². The number of rotatable bonds is 9. The predicted octanol–water partition coefficient (Wildman–Crippen LogP) is 4.04. The highest BCUT2D eigenvalue weighted by atomic mass is 19.1. The van der Waals surface area contributed by atoms with Crippen LogP contribution < -0.4 is 15.4 Å². The van der Waals surface area contributed by atoms with Crippen LogP contribution in [0.4, 0.5) is 21.7 Å². The number of halogens is 1. The van der Waals surface area contributed by atoms with Crippen molar-refractivity contribution in [2.24, 2.45) is 0 Å². The second-order valence-electron chi connectivity index (χ2n) is 12.1. The first-order valence-electron chi connectivity index (χ1n) is 15.0. The van der Waals surface area contributed by atoms with E-state index in [2.05, 4.69) is 54.4 Å². The summed E-state index contributed by atoms with van der Waals surface area (Å²) in [6.07, 6.45) is 4.88. The molecule has 3 N–H and O–H groups in total. The van der Waals surface area contributed by atoms with E-state index in [1.54, 1.807) is 61.4 Å². The van der Waals surface area contributed by atoms with Crippen molar-refractivity contribution in [3.8, 4) is 17.7 Å². The summed E-state index contributed by atoms with van der Waals surface area (Å²) >= 11 is 0. The van der Waals surface area contributed by atoms with Gasteiger partial charge in [-0.05, 0) is 57.6 Å². The fourth-order valence-corrected chi connectivity index (χ4v) is 4.94. The van der Waals surface area contributed by atoms with Crippen LogP contribution in [0.2, 0.25) is 0 Å². The first-order valence-corrected chi connectivity index (χ1v) is 15.0. The van der Waals surface area contributed by atoms with Crippen LogP contribution >= 0.6 is 0 Å². The Morgan fingerprint density at radius 2 is 1.83 bits per heavy atom. The average molecular weight is 627 g/mol. The van der Waals surface area contributed by atoms with Crippen LogP contribution in [0.15, 0.2) is 55.0 Å². The van der Waals surface area contributed by atoms with Crippen molar-refractivity contribution in [1.82, 2.24) is 29.5 Å². The third kappa shape index (κ3) is 8.66. The molecule has 0 bridgehead atoms. The van der Waals surface area contributed by atoms with E-state index < -0.39 is 5.60 Å². The SMILES string of the molecule is COc1nn(CC(C)(C)O)cc1Nc1ncc(C#Cc2cc(C(=O)Nc3ccc(CN4CCN(C)CC4)c(F)c3)ccc2C)cn1. The lowest BCUT2D eigenvalue weighted by Gasteiger charge is -2.32. The summed E-state index contributed by atoms with van der Waals surface area (Å²) in [4.78, 5) is 26.2. The second-order valence-corrected chi connectivity index (χ2v) is 12.1. The predicted molar refractivity (Wildman–Crippen MR) is 175 cm³/mol. The number of aliphatic hydroxyl groups is 1. The van der Waals surface area contributed by atoms with E-state index in [1.165, 1.54) is 13.2 Å². The van der Waals surface area contributed by atoms with Crippen LogP contribution in [0.3, 0.4) is 0 Å². The van der Waals surface area contributed by atoms with Crippen molar-refractivity contribution in [1.29, 1.82) is 0 Å². The van der Waals surface area contributed by atoms with Gasteiger partial charge >= 0.3 is 0 Å². The normalized spacial score (nSPS) is 14.0. The minimum atomic E-state index is -0.941. The summed E-state index contributed by atoms with van der Waals surface area (Å²) in [6.45, 7) is 9.86. The maximum Gasteiger partial charge on any atom is 0.256 e. The Hall–Kier alpha value is -4.83. The number of aromatic nitrogens is 4. The Bertz CT molecular complexity index is 1750. The summed E-state index contributed by atoms with van der Waals surface area (Å²) < 4.78 is 21.8. The molecule has 4 aromatic rings. The van der Waals surface area contributed by atoms with Crippen LogP contribution in [0.25, 0.3) is 0 Å². The molecule has 0 spiro atoms. The van der Waals surface area contributed by atoms with Crippen LogP contribution in [-0.2, 0) is 13.1 Å². The summed E-state index contributed by atoms with van der Waals surface area (Å²) in [5.41, 5.74) is 3.18. The molecule has 1 amide bonds. The van der Waals surface area contributed by atoms with E-state index in [0.717, 1.165) is 31.7 Å². The lowest BCUT2D eigenvalue weighted by Crippen LogP contribution is -2.44.